The fourth-order valence-electron chi connectivity index (χ4n) is 2.22. The molecule has 1 N–H and O–H groups in total. The largest absolute Gasteiger partial charge is 0.540 e. The number of hydrogen-bond acceptors (Lipinski definition) is 7. The smallest absolute Gasteiger partial charge is 0.419 e. The Morgan fingerprint density at radius 3 is 2.23 bits per heavy atom. The third kappa shape index (κ3) is 3.43. The normalized spacial score (nSPS) is 22.5. The molecule has 2 heterocycles. The molecule has 2 aliphatic heterocycles. The van der Waals surface area contributed by atoms with E-state index in [1.165, 1.54) is 13.8 Å². The van der Waals surface area contributed by atoms with Crippen molar-refractivity contribution >= 4 is 17.6 Å². The molecule has 0 aliphatic carbocycles. The number of carbonyl (C=O) groups excluding carboxylic acids is 2. The molecule has 0 amide bonds. The van der Waals surface area contributed by atoms with Gasteiger partial charge in [0.15, 0.2) is 5.57 Å². The fraction of sp³-hybridized carbons (Fsp3) is 0.333. The molecule has 0 unspecified atom stereocenters. The van der Waals surface area contributed by atoms with Crippen LogP contribution in [0, 0.1) is 0 Å². The molecule has 1 saturated heterocycles. The predicted molar refractivity (Wildman–Crippen MR) is 75.0 cm³/mol. The van der Waals surface area contributed by atoms with Crippen LogP contribution in [0.15, 0.2) is 30.0 Å². The van der Waals surface area contributed by atoms with Crippen LogP contribution in [0.25, 0.3) is 0 Å². The molecule has 2 aliphatic rings. The minimum atomic E-state index is -4.48. The number of ether oxygens (including phenoxy) is 4. The number of carbonyl (C=O) groups is 2. The molecule has 0 bridgehead atoms. The summed E-state index contributed by atoms with van der Waals surface area (Å²) in [5, 5.41) is 2.42. The summed E-state index contributed by atoms with van der Waals surface area (Å²) in [6, 6.07) is 2.75. The van der Waals surface area contributed by atoms with E-state index in [2.05, 4.69) is 14.8 Å². The molecule has 140 valence electrons. The second kappa shape index (κ2) is 5.59. The lowest BCUT2D eigenvalue weighted by molar-refractivity contribution is -0.461. The summed E-state index contributed by atoms with van der Waals surface area (Å²) < 4.78 is 70.4. The van der Waals surface area contributed by atoms with Gasteiger partial charge in [-0.3, -0.25) is 0 Å². The Labute approximate surface area is 143 Å². The lowest BCUT2D eigenvalue weighted by Crippen LogP contribution is -2.42. The zero-order chi connectivity index (χ0) is 19.3. The minimum Gasteiger partial charge on any atom is -0.419 e. The molecule has 0 radical (unpaired) electrons. The topological polar surface area (TPSA) is 83.1 Å². The fourth-order valence-corrected chi connectivity index (χ4v) is 2.22. The average Bonchev–Trinajstić information content (AvgIpc) is 2.43. The van der Waals surface area contributed by atoms with Gasteiger partial charge in [-0.1, -0.05) is 0 Å². The zero-order valence-corrected chi connectivity index (χ0v) is 13.3. The summed E-state index contributed by atoms with van der Waals surface area (Å²) in [6.45, 7) is 2.71. The van der Waals surface area contributed by atoms with E-state index in [0.29, 0.717) is 0 Å². The highest BCUT2D eigenvalue weighted by molar-refractivity contribution is 6.15. The molecular weight excluding hydrogens is 366 g/mol. The van der Waals surface area contributed by atoms with Gasteiger partial charge in [0, 0.05) is 25.7 Å². The van der Waals surface area contributed by atoms with E-state index in [9.17, 15) is 27.2 Å². The highest BCUT2D eigenvalue weighted by atomic mass is 19.3. The van der Waals surface area contributed by atoms with Crippen LogP contribution in [0.4, 0.5) is 23.2 Å². The molecule has 1 fully saturated rings. The molecule has 1 aromatic carbocycles. The molecule has 3 rings (SSSR count). The van der Waals surface area contributed by atoms with Crippen LogP contribution in [-0.2, 0) is 29.9 Å². The number of nitrogens with one attached hydrogen (secondary N) is 1. The van der Waals surface area contributed by atoms with Gasteiger partial charge in [0.1, 0.15) is 5.75 Å². The van der Waals surface area contributed by atoms with Crippen LogP contribution in [0.5, 0.6) is 5.75 Å². The van der Waals surface area contributed by atoms with Gasteiger partial charge in [-0.15, -0.1) is 8.78 Å². The van der Waals surface area contributed by atoms with Crippen molar-refractivity contribution in [2.24, 2.45) is 0 Å². The van der Waals surface area contributed by atoms with Crippen molar-refractivity contribution in [3.05, 3.63) is 35.5 Å². The number of fused-ring (bicyclic) bond motifs is 1. The van der Waals surface area contributed by atoms with Crippen LogP contribution in [0.1, 0.15) is 19.4 Å². The van der Waals surface area contributed by atoms with Crippen molar-refractivity contribution in [3.8, 4) is 5.75 Å². The highest BCUT2D eigenvalue weighted by Gasteiger charge is 2.54. The lowest BCUT2D eigenvalue weighted by Gasteiger charge is -2.31. The summed E-state index contributed by atoms with van der Waals surface area (Å²) in [5.74, 6) is -4.16. The molecule has 11 heteroatoms. The monoisotopic (exact) mass is 377 g/mol. The van der Waals surface area contributed by atoms with Crippen LogP contribution < -0.4 is 10.1 Å². The molecule has 0 aromatic heterocycles. The number of anilines is 1. The average molecular weight is 377 g/mol. The van der Waals surface area contributed by atoms with E-state index in [0.717, 1.165) is 24.4 Å². The molecule has 0 atom stereocenters. The van der Waals surface area contributed by atoms with E-state index < -0.39 is 47.0 Å². The first-order valence-electron chi connectivity index (χ1n) is 7.11. The van der Waals surface area contributed by atoms with Gasteiger partial charge < -0.3 is 19.5 Å². The SMILES string of the molecule is CC1(C)OC(=O)C(=CNc2ccc3c(c2)C(F)(F)OC(F)(F)O3)C(=O)O1. The van der Waals surface area contributed by atoms with Crippen molar-refractivity contribution in [1.82, 2.24) is 0 Å². The van der Waals surface area contributed by atoms with Gasteiger partial charge in [0.2, 0.25) is 0 Å². The minimum absolute atomic E-state index is 0.0567. The predicted octanol–water partition coefficient (Wildman–Crippen LogP) is 2.83. The number of halogens is 4. The van der Waals surface area contributed by atoms with Gasteiger partial charge >= 0.3 is 24.3 Å². The maximum atomic E-state index is 13.7. The van der Waals surface area contributed by atoms with E-state index in [1.807, 2.05) is 0 Å². The van der Waals surface area contributed by atoms with E-state index in [4.69, 9.17) is 9.47 Å². The lowest BCUT2D eigenvalue weighted by atomic mass is 10.1. The van der Waals surface area contributed by atoms with Gasteiger partial charge in [-0.2, -0.15) is 8.78 Å². The van der Waals surface area contributed by atoms with Gasteiger partial charge in [0.25, 0.3) is 5.79 Å². The first-order valence-corrected chi connectivity index (χ1v) is 7.11. The van der Waals surface area contributed by atoms with E-state index in [-0.39, 0.29) is 5.69 Å². The van der Waals surface area contributed by atoms with Crippen LogP contribution in [0.3, 0.4) is 0 Å². The third-order valence-electron chi connectivity index (χ3n) is 3.27. The Morgan fingerprint density at radius 2 is 1.62 bits per heavy atom. The maximum Gasteiger partial charge on any atom is 0.540 e. The van der Waals surface area contributed by atoms with Gasteiger partial charge in [-0.05, 0) is 18.2 Å². The number of hydrogen-bond donors (Lipinski definition) is 1. The first kappa shape index (κ1) is 18.0. The first-order chi connectivity index (χ1) is 11.9. The summed E-state index contributed by atoms with van der Waals surface area (Å²) in [4.78, 5) is 23.5. The Kier molecular flexibility index (Phi) is 3.87. The number of benzene rings is 1. The van der Waals surface area contributed by atoms with Crippen LogP contribution in [-0.4, -0.2) is 24.0 Å². The Hall–Kier alpha value is -2.82. The molecule has 26 heavy (non-hydrogen) atoms. The second-order valence-corrected chi connectivity index (χ2v) is 5.78. The Bertz CT molecular complexity index is 798. The molecule has 0 spiro atoms. The van der Waals surface area contributed by atoms with E-state index in [1.54, 1.807) is 0 Å². The van der Waals surface area contributed by atoms with Crippen molar-refractivity contribution < 1.29 is 46.1 Å². The number of rotatable bonds is 2. The van der Waals surface area contributed by atoms with Crippen molar-refractivity contribution in [3.63, 3.8) is 0 Å². The molecular formula is C15H11F4NO6. The maximum absolute atomic E-state index is 13.7. The quantitative estimate of drug-likeness (QED) is 0.367. The van der Waals surface area contributed by atoms with Crippen LogP contribution in [0.2, 0.25) is 0 Å². The Balaban J connectivity index is 1.85. The number of alkyl halides is 4. The van der Waals surface area contributed by atoms with Crippen molar-refractivity contribution in [2.45, 2.75) is 32.0 Å². The molecule has 0 saturated carbocycles. The van der Waals surface area contributed by atoms with Crippen molar-refractivity contribution in [1.29, 1.82) is 0 Å². The van der Waals surface area contributed by atoms with Gasteiger partial charge in [0.05, 0.1) is 5.56 Å². The van der Waals surface area contributed by atoms with Gasteiger partial charge in [-0.25, -0.2) is 14.3 Å². The van der Waals surface area contributed by atoms with Crippen LogP contribution >= 0.6 is 0 Å². The highest BCUT2D eigenvalue weighted by Crippen LogP contribution is 2.46. The molecule has 7 nitrogen and oxygen atoms in total. The standard InChI is InChI=1S/C15H11F4NO6/c1-13(2)24-11(21)8(12(22)25-13)6-20-7-3-4-10-9(5-7)14(16,17)26-15(18,19)23-10/h3-6,20H,1-2H3. The second-order valence-electron chi connectivity index (χ2n) is 5.78. The summed E-state index contributed by atoms with van der Waals surface area (Å²) in [5.41, 5.74) is -1.52. The van der Waals surface area contributed by atoms with E-state index >= 15 is 0 Å². The number of esters is 2. The third-order valence-corrected chi connectivity index (χ3v) is 3.27. The summed E-state index contributed by atoms with van der Waals surface area (Å²) in [7, 11) is 0. The molecule has 1 aromatic rings. The zero-order valence-electron chi connectivity index (χ0n) is 13.3. The summed E-state index contributed by atoms with van der Waals surface area (Å²) >= 11 is 0. The number of cyclic esters (lactones) is 2. The van der Waals surface area contributed by atoms with Crippen molar-refractivity contribution in [2.75, 3.05) is 5.32 Å². The summed E-state index contributed by atoms with van der Waals surface area (Å²) in [6.07, 6.45) is -7.90. The Morgan fingerprint density at radius 1 is 1.00 bits per heavy atom.